The molecule has 0 aliphatic carbocycles. The maximum Gasteiger partial charge on any atom is 0.338 e. The number of carbonyl (C=O) groups is 2. The van der Waals surface area contributed by atoms with Crippen molar-refractivity contribution in [1.82, 2.24) is 24.1 Å². The van der Waals surface area contributed by atoms with E-state index in [1.165, 1.54) is 0 Å². The average Bonchev–Trinajstić information content (AvgIpc) is 4.25. The van der Waals surface area contributed by atoms with Gasteiger partial charge in [0.2, 0.25) is 0 Å². The molecule has 0 unspecified atom stereocenters. The first kappa shape index (κ1) is 48.4. The zero-order chi connectivity index (χ0) is 54.1. The highest BCUT2D eigenvalue weighted by molar-refractivity contribution is 6.13. The van der Waals surface area contributed by atoms with E-state index in [2.05, 4.69) is 34.9 Å². The molecule has 0 aliphatic rings. The molecule has 0 fully saturated rings. The summed E-state index contributed by atoms with van der Waals surface area (Å²) in [5, 5.41) is 24.0. The molecule has 378 valence electrons. The lowest BCUT2D eigenvalue weighted by Gasteiger charge is -2.17. The molecule has 10 aromatic carbocycles. The van der Waals surface area contributed by atoms with Crippen molar-refractivity contribution in [2.24, 2.45) is 0 Å². The van der Waals surface area contributed by atoms with Crippen molar-refractivity contribution in [2.75, 3.05) is 0 Å². The number of hydrogen-bond donors (Lipinski definition) is 0. The molecule has 13 rings (SSSR count). The fourth-order valence-electron chi connectivity index (χ4n) is 10.5. The summed E-state index contributed by atoms with van der Waals surface area (Å²) < 4.78 is 15.8. The van der Waals surface area contributed by atoms with Crippen LogP contribution in [0.3, 0.4) is 0 Å². The second kappa shape index (κ2) is 20.7. The number of nitriles is 2. The Bertz CT molecular complexity index is 4650. The summed E-state index contributed by atoms with van der Waals surface area (Å²) in [6.07, 6.45) is 0. The highest BCUT2D eigenvalue weighted by atomic mass is 16.5. The number of benzene rings is 10. The van der Waals surface area contributed by atoms with Gasteiger partial charge in [0.15, 0.2) is 17.5 Å². The molecule has 11 heteroatoms. The van der Waals surface area contributed by atoms with Crippen LogP contribution in [0.2, 0.25) is 0 Å². The van der Waals surface area contributed by atoms with Gasteiger partial charge in [-0.3, -0.25) is 0 Å². The summed E-state index contributed by atoms with van der Waals surface area (Å²) in [5.41, 5.74) is 12.3. The van der Waals surface area contributed by atoms with E-state index < -0.39 is 11.9 Å². The van der Waals surface area contributed by atoms with Crippen molar-refractivity contribution in [3.8, 4) is 68.8 Å². The maximum absolute atomic E-state index is 13.6. The number of fused-ring (bicyclic) bond motifs is 6. The van der Waals surface area contributed by atoms with E-state index in [1.54, 1.807) is 18.2 Å². The van der Waals surface area contributed by atoms with Crippen LogP contribution in [0.5, 0.6) is 0 Å². The van der Waals surface area contributed by atoms with Crippen LogP contribution in [-0.2, 0) is 22.7 Å². The molecule has 3 heterocycles. The number of ether oxygens (including phenoxy) is 2. The Balaban J connectivity index is 0.952. The molecular formula is C69H43N7O4. The van der Waals surface area contributed by atoms with Crippen molar-refractivity contribution in [3.63, 3.8) is 0 Å². The Morgan fingerprint density at radius 2 is 0.825 bits per heavy atom. The van der Waals surface area contributed by atoms with E-state index in [-0.39, 0.29) is 13.2 Å². The van der Waals surface area contributed by atoms with E-state index in [0.29, 0.717) is 56.5 Å². The molecule has 13 aromatic rings. The van der Waals surface area contributed by atoms with Crippen LogP contribution in [0.25, 0.3) is 100 Å². The van der Waals surface area contributed by atoms with Crippen molar-refractivity contribution in [2.45, 2.75) is 13.2 Å². The Morgan fingerprint density at radius 1 is 0.388 bits per heavy atom. The van der Waals surface area contributed by atoms with Crippen LogP contribution >= 0.6 is 0 Å². The highest BCUT2D eigenvalue weighted by Gasteiger charge is 2.23. The third-order valence-corrected chi connectivity index (χ3v) is 14.3. The molecular weight excluding hydrogens is 991 g/mol. The molecule has 0 N–H and O–H groups in total. The average molecular weight is 1030 g/mol. The van der Waals surface area contributed by atoms with Gasteiger partial charge in [-0.1, -0.05) is 152 Å². The van der Waals surface area contributed by atoms with E-state index >= 15 is 0 Å². The predicted octanol–water partition coefficient (Wildman–Crippen LogP) is 15.2. The first-order valence-corrected chi connectivity index (χ1v) is 25.9. The summed E-state index contributed by atoms with van der Waals surface area (Å²) in [6, 6.07) is 79.9. The van der Waals surface area contributed by atoms with Crippen molar-refractivity contribution in [1.29, 1.82) is 10.5 Å². The lowest BCUT2D eigenvalue weighted by molar-refractivity contribution is 0.0464. The lowest BCUT2D eigenvalue weighted by Crippen LogP contribution is -2.05. The van der Waals surface area contributed by atoms with Crippen LogP contribution < -0.4 is 0 Å². The third kappa shape index (κ3) is 9.03. The zero-order valence-electron chi connectivity index (χ0n) is 42.7. The van der Waals surface area contributed by atoms with E-state index in [4.69, 9.17) is 24.4 Å². The number of hydrogen-bond acceptors (Lipinski definition) is 9. The standard InChI is InChI=1S/C69H43N7O4/c70-40-44-24-26-47(27-25-44)54-33-30-50(39-64(54)76-60-23-13-11-21-56(60)58-37-52(32-35-62(58)76)69(78)80-43-46-16-6-2-7-17-46)67-73-65(48-18-8-3-9-19-48)72-66(74-67)49-28-29-53(41-71)63(38-49)75-59-22-12-10-20-55(59)57-36-51(31-34-61(57)75)68(77)79-42-45-14-4-1-5-15-45/h1-39H,42-43H2. The third-order valence-electron chi connectivity index (χ3n) is 14.3. The quantitative estimate of drug-likeness (QED) is 0.109. The van der Waals surface area contributed by atoms with Crippen LogP contribution in [0.15, 0.2) is 237 Å². The fourth-order valence-corrected chi connectivity index (χ4v) is 10.5. The molecule has 0 aliphatic heterocycles. The molecule has 0 radical (unpaired) electrons. The summed E-state index contributed by atoms with van der Waals surface area (Å²) in [7, 11) is 0. The van der Waals surface area contributed by atoms with Crippen molar-refractivity contribution < 1.29 is 19.1 Å². The van der Waals surface area contributed by atoms with Crippen LogP contribution in [0.1, 0.15) is 43.0 Å². The van der Waals surface area contributed by atoms with Gasteiger partial charge < -0.3 is 18.6 Å². The lowest BCUT2D eigenvalue weighted by atomic mass is 9.99. The normalized spacial score (nSPS) is 11.2. The second-order valence-electron chi connectivity index (χ2n) is 19.2. The molecule has 0 saturated carbocycles. The highest BCUT2D eigenvalue weighted by Crippen LogP contribution is 2.40. The van der Waals surface area contributed by atoms with Gasteiger partial charge >= 0.3 is 11.9 Å². The van der Waals surface area contributed by atoms with Gasteiger partial charge in [-0.15, -0.1) is 0 Å². The number of esters is 2. The minimum absolute atomic E-state index is 0.146. The summed E-state index contributed by atoms with van der Waals surface area (Å²) >= 11 is 0. The molecule has 11 nitrogen and oxygen atoms in total. The van der Waals surface area contributed by atoms with E-state index in [1.807, 2.05) is 205 Å². The monoisotopic (exact) mass is 1030 g/mol. The number of para-hydroxylation sites is 2. The Hall–Kier alpha value is -11.3. The zero-order valence-corrected chi connectivity index (χ0v) is 42.7. The molecule has 0 amide bonds. The van der Waals surface area contributed by atoms with Gasteiger partial charge in [0, 0.05) is 43.8 Å². The largest absolute Gasteiger partial charge is 0.457 e. The summed E-state index contributed by atoms with van der Waals surface area (Å²) in [6.45, 7) is 0.295. The number of nitrogens with zero attached hydrogens (tertiary/aromatic N) is 7. The van der Waals surface area contributed by atoms with Gasteiger partial charge in [0.25, 0.3) is 0 Å². The number of carbonyl (C=O) groups excluding carboxylic acids is 2. The smallest absolute Gasteiger partial charge is 0.338 e. The van der Waals surface area contributed by atoms with Gasteiger partial charge in [-0.2, -0.15) is 10.5 Å². The fraction of sp³-hybridized carbons (Fsp3) is 0.0290. The predicted molar refractivity (Wildman–Crippen MR) is 311 cm³/mol. The number of aromatic nitrogens is 5. The minimum Gasteiger partial charge on any atom is -0.457 e. The molecule has 80 heavy (non-hydrogen) atoms. The Kier molecular flexibility index (Phi) is 12.5. The Morgan fingerprint density at radius 3 is 1.35 bits per heavy atom. The second-order valence-corrected chi connectivity index (χ2v) is 19.2. The van der Waals surface area contributed by atoms with Crippen molar-refractivity contribution in [3.05, 3.63) is 270 Å². The maximum atomic E-state index is 13.6. The van der Waals surface area contributed by atoms with Crippen LogP contribution in [0, 0.1) is 22.7 Å². The molecule has 0 saturated heterocycles. The van der Waals surface area contributed by atoms with Crippen molar-refractivity contribution >= 4 is 55.6 Å². The van der Waals surface area contributed by atoms with Gasteiger partial charge in [-0.25, -0.2) is 24.5 Å². The van der Waals surface area contributed by atoms with Crippen LogP contribution in [-0.4, -0.2) is 36.0 Å². The SMILES string of the molecule is N#Cc1ccc(-c2ccc(-c3nc(-c4ccccc4)nc(-c4ccc(C#N)c(-n5c6ccccc6c6cc(C(=O)OCc7ccccc7)ccc65)c4)n3)cc2-n2c3ccccc3c3cc(C(=O)OCc4ccccc4)ccc32)cc1. The summed E-state index contributed by atoms with van der Waals surface area (Å²) in [5.74, 6) is 0.363. The molecule has 0 atom stereocenters. The van der Waals surface area contributed by atoms with E-state index in [0.717, 1.165) is 77.1 Å². The first-order valence-electron chi connectivity index (χ1n) is 25.9. The molecule has 0 bridgehead atoms. The van der Waals surface area contributed by atoms with Crippen LogP contribution in [0.4, 0.5) is 0 Å². The molecule has 3 aromatic heterocycles. The first-order chi connectivity index (χ1) is 39.4. The van der Waals surface area contributed by atoms with Gasteiger partial charge in [-0.05, 0) is 102 Å². The Labute approximate surface area is 459 Å². The van der Waals surface area contributed by atoms with Gasteiger partial charge in [0.05, 0.1) is 61.8 Å². The van der Waals surface area contributed by atoms with E-state index in [9.17, 15) is 20.1 Å². The molecule has 0 spiro atoms. The summed E-state index contributed by atoms with van der Waals surface area (Å²) in [4.78, 5) is 42.7. The minimum atomic E-state index is -0.439. The topological polar surface area (TPSA) is 149 Å². The number of rotatable bonds is 12. The van der Waals surface area contributed by atoms with Gasteiger partial charge in [0.1, 0.15) is 19.3 Å².